The molecular weight excluding hydrogens is 767 g/mol. The summed E-state index contributed by atoms with van der Waals surface area (Å²) in [5.41, 5.74) is 18.5. The smallest absolute Gasteiger partial charge is 0.129 e. The topological polar surface area (TPSA) is 20.6 Å². The average Bonchev–Trinajstić information content (AvgIpc) is 3.87. The van der Waals surface area contributed by atoms with E-state index < -0.39 is 0 Å². The summed E-state index contributed by atoms with van der Waals surface area (Å²) in [6.45, 7) is 7.54. The normalized spacial score (nSPS) is 13.0. The van der Waals surface area contributed by atoms with E-state index in [1.165, 1.54) is 66.5 Å². The molecule has 0 N–H and O–H groups in total. The predicted molar refractivity (Wildman–Crippen MR) is 263 cm³/mol. The molecule has 0 amide bonds. The van der Waals surface area contributed by atoms with Gasteiger partial charge in [-0.15, -0.1) is 0 Å². The van der Waals surface area contributed by atoms with E-state index in [1.807, 2.05) is 0 Å². The Labute approximate surface area is 368 Å². The second kappa shape index (κ2) is 14.4. The molecule has 12 rings (SSSR count). The highest BCUT2D eigenvalue weighted by Crippen LogP contribution is 2.52. The number of hydrogen-bond donors (Lipinski definition) is 0. The largest absolute Gasteiger partial charge is 0.457 e. The molecule has 0 saturated carbocycles. The Balaban J connectivity index is 1.16. The van der Waals surface area contributed by atoms with Crippen molar-refractivity contribution in [3.63, 3.8) is 0 Å². The minimum Gasteiger partial charge on any atom is -0.457 e. The molecular formula is C59H45N3O. The minimum absolute atomic E-state index is 0.0944. The summed E-state index contributed by atoms with van der Waals surface area (Å²) in [6, 6.07) is 75.4. The molecule has 2 aliphatic rings. The van der Waals surface area contributed by atoms with Crippen molar-refractivity contribution in [3.8, 4) is 61.7 Å². The highest BCUT2D eigenvalue weighted by molar-refractivity contribution is 6.10. The fourth-order valence-corrected chi connectivity index (χ4v) is 9.85. The SMILES string of the molecule is CC(C)(C)c1cc2cc(c1)-n1c3ccccc3c3ccc(cc31)Oc1cccc(c1)N1CN(c3ccccc31)c1c(-c3ccccc3)cccc1-c1ccccc1-c1cccc-2c1. The van der Waals surface area contributed by atoms with Crippen LogP contribution in [0.2, 0.25) is 0 Å². The highest BCUT2D eigenvalue weighted by Gasteiger charge is 2.32. The van der Waals surface area contributed by atoms with E-state index in [4.69, 9.17) is 4.74 Å². The molecule has 4 heteroatoms. The van der Waals surface area contributed by atoms with Crippen LogP contribution in [0, 0.1) is 0 Å². The Bertz CT molecular complexity index is 3410. The first-order valence-electron chi connectivity index (χ1n) is 21.9. The number of anilines is 4. The lowest BCUT2D eigenvalue weighted by atomic mass is 9.84. The molecule has 9 aromatic carbocycles. The van der Waals surface area contributed by atoms with Gasteiger partial charge in [0.15, 0.2) is 0 Å². The van der Waals surface area contributed by atoms with Crippen molar-refractivity contribution in [3.05, 3.63) is 212 Å². The Morgan fingerprint density at radius 1 is 0.397 bits per heavy atom. The van der Waals surface area contributed by atoms with Crippen LogP contribution in [-0.4, -0.2) is 11.2 Å². The van der Waals surface area contributed by atoms with E-state index in [2.05, 4.69) is 241 Å². The molecule has 2 aliphatic heterocycles. The number of para-hydroxylation sites is 4. The number of aromatic nitrogens is 1. The Kier molecular flexibility index (Phi) is 8.45. The van der Waals surface area contributed by atoms with E-state index >= 15 is 0 Å². The van der Waals surface area contributed by atoms with Crippen LogP contribution in [0.15, 0.2) is 206 Å². The number of fused-ring (bicyclic) bond motifs is 23. The maximum atomic E-state index is 6.85. The number of hydrogen-bond acceptors (Lipinski definition) is 3. The Morgan fingerprint density at radius 2 is 1.05 bits per heavy atom. The first-order chi connectivity index (χ1) is 30.9. The van der Waals surface area contributed by atoms with Gasteiger partial charge in [-0.2, -0.15) is 0 Å². The lowest BCUT2D eigenvalue weighted by Crippen LogP contribution is -2.25. The molecule has 10 aromatic rings. The second-order valence-electron chi connectivity index (χ2n) is 17.8. The molecule has 0 spiro atoms. The maximum absolute atomic E-state index is 6.85. The van der Waals surface area contributed by atoms with Crippen molar-refractivity contribution >= 4 is 44.6 Å². The van der Waals surface area contributed by atoms with Crippen LogP contribution in [0.4, 0.5) is 22.7 Å². The van der Waals surface area contributed by atoms with Gasteiger partial charge >= 0.3 is 0 Å². The third kappa shape index (κ3) is 6.21. The fourth-order valence-electron chi connectivity index (χ4n) is 9.85. The quantitative estimate of drug-likeness (QED) is 0.165. The highest BCUT2D eigenvalue weighted by atomic mass is 16.5. The van der Waals surface area contributed by atoms with E-state index in [0.717, 1.165) is 45.3 Å². The average molecular weight is 812 g/mol. The standard InChI is InChI=1S/C59H45N3O/c1-59(2,3)43-33-42-34-45(35-43)62-54-27-10-9-24-51(54)52-31-30-47(37-57(52)62)63-46-21-14-20-44(36-46)60-38-61(56-29-12-11-28-55(56)60)58-49(39-16-5-4-6-17-39)25-15-26-53(58)50-23-8-7-22-48(50)41-19-13-18-40(42)32-41/h4-37H,38H2,1-3H3. The summed E-state index contributed by atoms with van der Waals surface area (Å²) >= 11 is 0. The molecule has 0 unspecified atom stereocenters. The van der Waals surface area contributed by atoms with Crippen molar-refractivity contribution < 1.29 is 4.74 Å². The molecule has 0 aliphatic carbocycles. The summed E-state index contributed by atoms with van der Waals surface area (Å²) in [7, 11) is 0. The lowest BCUT2D eigenvalue weighted by Gasteiger charge is -2.28. The lowest BCUT2D eigenvalue weighted by molar-refractivity contribution is 0.483. The molecule has 0 fully saturated rings. The van der Waals surface area contributed by atoms with Crippen molar-refractivity contribution in [1.82, 2.24) is 4.57 Å². The number of benzene rings is 9. The van der Waals surface area contributed by atoms with Gasteiger partial charge in [0.25, 0.3) is 0 Å². The van der Waals surface area contributed by atoms with Gasteiger partial charge in [-0.3, -0.25) is 0 Å². The van der Waals surface area contributed by atoms with Crippen LogP contribution in [0.1, 0.15) is 26.3 Å². The number of rotatable bonds is 1. The number of nitrogens with zero attached hydrogens (tertiary/aromatic N) is 3. The van der Waals surface area contributed by atoms with Crippen LogP contribution in [-0.2, 0) is 5.41 Å². The van der Waals surface area contributed by atoms with Gasteiger partial charge < -0.3 is 19.1 Å². The van der Waals surface area contributed by atoms with Crippen LogP contribution < -0.4 is 14.5 Å². The van der Waals surface area contributed by atoms with E-state index in [-0.39, 0.29) is 5.41 Å². The monoisotopic (exact) mass is 811 g/mol. The van der Waals surface area contributed by atoms with Gasteiger partial charge in [-0.25, -0.2) is 0 Å². The van der Waals surface area contributed by atoms with Gasteiger partial charge in [0.1, 0.15) is 18.2 Å². The first-order valence-corrected chi connectivity index (χ1v) is 21.9. The predicted octanol–water partition coefficient (Wildman–Crippen LogP) is 16.1. The third-order valence-corrected chi connectivity index (χ3v) is 12.9. The Morgan fingerprint density at radius 3 is 1.90 bits per heavy atom. The van der Waals surface area contributed by atoms with Crippen LogP contribution in [0.25, 0.3) is 72.0 Å². The summed E-state index contributed by atoms with van der Waals surface area (Å²) in [6.07, 6.45) is 0. The zero-order chi connectivity index (χ0) is 42.2. The molecule has 302 valence electrons. The van der Waals surface area contributed by atoms with Gasteiger partial charge in [0.2, 0.25) is 0 Å². The van der Waals surface area contributed by atoms with Crippen molar-refractivity contribution in [2.45, 2.75) is 26.2 Å². The van der Waals surface area contributed by atoms with Gasteiger partial charge in [0.05, 0.1) is 28.1 Å². The van der Waals surface area contributed by atoms with E-state index in [9.17, 15) is 0 Å². The minimum atomic E-state index is -0.0944. The van der Waals surface area contributed by atoms with E-state index in [1.54, 1.807) is 0 Å². The maximum Gasteiger partial charge on any atom is 0.129 e. The second-order valence-corrected chi connectivity index (χ2v) is 17.8. The molecule has 0 atom stereocenters. The summed E-state index contributed by atoms with van der Waals surface area (Å²) in [5.74, 6) is 1.57. The zero-order valence-electron chi connectivity index (χ0n) is 35.6. The van der Waals surface area contributed by atoms with Gasteiger partial charge in [-0.1, -0.05) is 154 Å². The van der Waals surface area contributed by atoms with Crippen molar-refractivity contribution in [1.29, 1.82) is 0 Å². The fraction of sp³-hybridized carbons (Fsp3) is 0.0847. The zero-order valence-corrected chi connectivity index (χ0v) is 35.6. The summed E-state index contributed by atoms with van der Waals surface area (Å²) in [5, 5.41) is 2.40. The Hall–Kier alpha value is -7.82. The molecule has 0 radical (unpaired) electrons. The molecule has 0 saturated heterocycles. The number of ether oxygens (including phenoxy) is 1. The van der Waals surface area contributed by atoms with Crippen molar-refractivity contribution in [2.75, 3.05) is 16.5 Å². The molecule has 63 heavy (non-hydrogen) atoms. The van der Waals surface area contributed by atoms with Crippen LogP contribution in [0.5, 0.6) is 11.5 Å². The van der Waals surface area contributed by atoms with Crippen LogP contribution >= 0.6 is 0 Å². The van der Waals surface area contributed by atoms with E-state index in [0.29, 0.717) is 6.67 Å². The molecule has 4 nitrogen and oxygen atoms in total. The molecule has 10 bridgehead atoms. The third-order valence-electron chi connectivity index (χ3n) is 12.9. The van der Waals surface area contributed by atoms with Gasteiger partial charge in [0, 0.05) is 45.4 Å². The van der Waals surface area contributed by atoms with Crippen LogP contribution in [0.3, 0.4) is 0 Å². The first kappa shape index (κ1) is 37.0. The summed E-state index contributed by atoms with van der Waals surface area (Å²) < 4.78 is 9.27. The molecule has 3 heterocycles. The van der Waals surface area contributed by atoms with Crippen molar-refractivity contribution in [2.24, 2.45) is 0 Å². The van der Waals surface area contributed by atoms with Gasteiger partial charge in [-0.05, 0) is 105 Å². The summed E-state index contributed by atoms with van der Waals surface area (Å²) in [4.78, 5) is 4.91. The molecule has 1 aromatic heterocycles.